The highest BCUT2D eigenvalue weighted by Gasteiger charge is 2.35. The van der Waals surface area contributed by atoms with Gasteiger partial charge in [-0.3, -0.25) is 0 Å². The van der Waals surface area contributed by atoms with Gasteiger partial charge in [0.15, 0.2) is 0 Å². The Kier molecular flexibility index (Phi) is 9.94. The maximum absolute atomic E-state index is 2.56. The molecule has 10 aromatic carbocycles. The Bertz CT molecular complexity index is 3760. The zero-order valence-corrected chi connectivity index (χ0v) is 43.5. The van der Waals surface area contributed by atoms with Crippen LogP contribution >= 0.6 is 0 Å². The molecule has 0 saturated carbocycles. The first-order valence-corrected chi connectivity index (χ1v) is 25.3. The molecule has 0 nitrogen and oxygen atoms in total. The summed E-state index contributed by atoms with van der Waals surface area (Å²) >= 11 is 0. The van der Waals surface area contributed by atoms with Crippen molar-refractivity contribution >= 4 is 53.9 Å². The molecule has 0 bridgehead atoms. The van der Waals surface area contributed by atoms with E-state index >= 15 is 0 Å². The molecule has 0 amide bonds. The van der Waals surface area contributed by atoms with E-state index in [2.05, 4.69) is 255 Å². The number of hydrogen-bond acceptors (Lipinski definition) is 0. The second kappa shape index (κ2) is 15.2. The highest BCUT2D eigenvalue weighted by atomic mass is 14.4. The smallest absolute Gasteiger partial charge is 0.0159 e. The minimum Gasteiger partial charge on any atom is -0.0619 e. The lowest BCUT2D eigenvalue weighted by Crippen LogP contribution is -2.14. The maximum Gasteiger partial charge on any atom is 0.0159 e. The molecule has 0 fully saturated rings. The van der Waals surface area contributed by atoms with E-state index in [4.69, 9.17) is 0 Å². The summed E-state index contributed by atoms with van der Waals surface area (Å²) < 4.78 is 0. The predicted molar refractivity (Wildman–Crippen MR) is 303 cm³/mol. The minimum absolute atomic E-state index is 0.00895. The zero-order valence-electron chi connectivity index (χ0n) is 43.5. The fourth-order valence-electron chi connectivity index (χ4n) is 11.5. The van der Waals surface area contributed by atoms with Crippen molar-refractivity contribution in [2.45, 2.75) is 124 Å². The van der Waals surface area contributed by atoms with E-state index in [1.165, 1.54) is 132 Å². The molecule has 10 aromatic rings. The average Bonchev–Trinajstić information content (AvgIpc) is 3.53. The van der Waals surface area contributed by atoms with Crippen molar-refractivity contribution in [3.8, 4) is 44.5 Å². The van der Waals surface area contributed by atoms with Crippen molar-refractivity contribution in [2.24, 2.45) is 0 Å². The van der Waals surface area contributed by atoms with Gasteiger partial charge in [-0.05, 0) is 190 Å². The van der Waals surface area contributed by atoms with Crippen LogP contribution in [-0.4, -0.2) is 0 Å². The van der Waals surface area contributed by atoms with Gasteiger partial charge in [-0.25, -0.2) is 0 Å². The third kappa shape index (κ3) is 7.40. The summed E-state index contributed by atoms with van der Waals surface area (Å²) in [4.78, 5) is 0. The third-order valence-electron chi connectivity index (χ3n) is 15.8. The van der Waals surface area contributed by atoms with Gasteiger partial charge in [0.2, 0.25) is 0 Å². The second-order valence-corrected chi connectivity index (χ2v) is 25.1. The van der Waals surface area contributed by atoms with Crippen molar-refractivity contribution in [3.63, 3.8) is 0 Å². The number of fused-ring (bicyclic) bond motifs is 10. The lowest BCUT2D eigenvalue weighted by molar-refractivity contribution is 0.589. The van der Waals surface area contributed by atoms with E-state index in [9.17, 15) is 0 Å². The summed E-state index contributed by atoms with van der Waals surface area (Å²) in [5.74, 6) is 0. The van der Waals surface area contributed by atoms with Crippen LogP contribution in [0.25, 0.3) is 98.4 Å². The van der Waals surface area contributed by atoms with Crippen molar-refractivity contribution in [1.29, 1.82) is 0 Å². The van der Waals surface area contributed by atoms with Crippen LogP contribution in [0.15, 0.2) is 158 Å². The van der Waals surface area contributed by atoms with E-state index in [1.54, 1.807) is 0 Å². The summed E-state index contributed by atoms with van der Waals surface area (Å²) in [6.45, 7) is 32.8. The molecule has 1 aliphatic rings. The fourth-order valence-corrected chi connectivity index (χ4v) is 11.5. The van der Waals surface area contributed by atoms with Gasteiger partial charge < -0.3 is 0 Å². The minimum atomic E-state index is -0.0886. The van der Waals surface area contributed by atoms with Crippen molar-refractivity contribution in [2.75, 3.05) is 0 Å². The molecular formula is C69H68. The summed E-state index contributed by atoms with van der Waals surface area (Å²) in [6.07, 6.45) is 0. The normalized spacial score (nSPS) is 14.1. The molecule has 0 N–H and O–H groups in total. The molecule has 0 atom stereocenters. The summed E-state index contributed by atoms with van der Waals surface area (Å²) in [5, 5.41) is 12.9. The zero-order chi connectivity index (χ0) is 48.7. The van der Waals surface area contributed by atoms with Gasteiger partial charge in [-0.1, -0.05) is 218 Å². The van der Waals surface area contributed by atoms with E-state index in [-0.39, 0.29) is 27.1 Å². The highest BCUT2D eigenvalue weighted by Crippen LogP contribution is 2.51. The van der Waals surface area contributed by atoms with Gasteiger partial charge >= 0.3 is 0 Å². The number of rotatable bonds is 3. The summed E-state index contributed by atoms with van der Waals surface area (Å²) in [6, 6.07) is 62.1. The average molecular weight is 897 g/mol. The van der Waals surface area contributed by atoms with Gasteiger partial charge in [-0.2, -0.15) is 0 Å². The highest BCUT2D eigenvalue weighted by molar-refractivity contribution is 6.26. The fraction of sp³-hybridized carbons (Fsp3) is 0.275. The molecule has 0 spiro atoms. The molecule has 0 heterocycles. The van der Waals surface area contributed by atoms with Crippen LogP contribution in [0.1, 0.15) is 130 Å². The monoisotopic (exact) mass is 897 g/mol. The van der Waals surface area contributed by atoms with Crippen LogP contribution in [0.4, 0.5) is 0 Å². The Morgan fingerprint density at radius 2 is 0.681 bits per heavy atom. The lowest BCUT2D eigenvalue weighted by atomic mass is 9.79. The Morgan fingerprint density at radius 1 is 0.261 bits per heavy atom. The van der Waals surface area contributed by atoms with Crippen LogP contribution in [-0.2, 0) is 27.1 Å². The predicted octanol–water partition coefficient (Wildman–Crippen LogP) is 19.9. The standard InChI is InChI=1S/C69H68/c1-65(2,3)45-27-23-43-31-47(67(7,8)9)37-57(54(43)35-45)59-40-62-56-33-41(42-26-30-53-52-21-17-18-22-63(52)69(13,14)64(53)34-42)25-29-51(56)61(39-60(62)50-20-16-15-19-49(50)59)58-38-48(68(10,11)12)32-44-24-28-46(36-55(44)58)66(4,5)6/h15-40H,1-14H3. The van der Waals surface area contributed by atoms with E-state index in [1.807, 2.05) is 0 Å². The summed E-state index contributed by atoms with van der Waals surface area (Å²) in [7, 11) is 0. The van der Waals surface area contributed by atoms with Crippen LogP contribution in [0.5, 0.6) is 0 Å². The van der Waals surface area contributed by atoms with Crippen LogP contribution in [0, 0.1) is 0 Å². The maximum atomic E-state index is 2.56. The van der Waals surface area contributed by atoms with Crippen molar-refractivity contribution in [3.05, 3.63) is 191 Å². The Hall–Kier alpha value is -6.50. The molecule has 0 heteroatoms. The molecule has 0 aromatic heterocycles. The van der Waals surface area contributed by atoms with Crippen LogP contribution < -0.4 is 0 Å². The lowest BCUT2D eigenvalue weighted by Gasteiger charge is -2.25. The van der Waals surface area contributed by atoms with Crippen LogP contribution in [0.3, 0.4) is 0 Å². The van der Waals surface area contributed by atoms with Crippen LogP contribution in [0.2, 0.25) is 0 Å². The summed E-state index contributed by atoms with van der Waals surface area (Å²) in [5.41, 5.74) is 18.4. The molecule has 0 radical (unpaired) electrons. The van der Waals surface area contributed by atoms with Gasteiger partial charge in [0, 0.05) is 5.41 Å². The van der Waals surface area contributed by atoms with E-state index in [0.717, 1.165) is 0 Å². The number of hydrogen-bond donors (Lipinski definition) is 0. The Morgan fingerprint density at radius 3 is 1.23 bits per heavy atom. The number of benzene rings is 10. The van der Waals surface area contributed by atoms with E-state index in [0.29, 0.717) is 0 Å². The van der Waals surface area contributed by atoms with Gasteiger partial charge in [0.05, 0.1) is 0 Å². The van der Waals surface area contributed by atoms with Gasteiger partial charge in [0.1, 0.15) is 0 Å². The molecule has 11 rings (SSSR count). The Labute approximate surface area is 411 Å². The molecular weight excluding hydrogens is 829 g/mol. The first-order valence-electron chi connectivity index (χ1n) is 25.3. The Balaban J connectivity index is 1.28. The van der Waals surface area contributed by atoms with Crippen molar-refractivity contribution in [1.82, 2.24) is 0 Å². The molecule has 1 aliphatic carbocycles. The molecule has 69 heavy (non-hydrogen) atoms. The second-order valence-electron chi connectivity index (χ2n) is 25.1. The topological polar surface area (TPSA) is 0 Å². The third-order valence-corrected chi connectivity index (χ3v) is 15.8. The van der Waals surface area contributed by atoms with Crippen molar-refractivity contribution < 1.29 is 0 Å². The van der Waals surface area contributed by atoms with Gasteiger partial charge in [0.25, 0.3) is 0 Å². The van der Waals surface area contributed by atoms with Gasteiger partial charge in [-0.15, -0.1) is 0 Å². The SMILES string of the molecule is CC(C)(C)c1cc(-c2cc3c4cc(-c5ccc6c(c5)C(C)(C)c5ccccc5-6)ccc4c(-c4cc(C(C)(C)C)cc5ccc(C(C)(C)C)cc45)cc3c3ccccc23)c2cc(C(C)(C)C)ccc2c1. The molecule has 0 aliphatic heterocycles. The molecule has 0 unspecified atom stereocenters. The molecule has 0 saturated heterocycles. The quantitative estimate of drug-likeness (QED) is 0.155. The largest absolute Gasteiger partial charge is 0.0619 e. The van der Waals surface area contributed by atoms with E-state index < -0.39 is 0 Å². The molecule has 344 valence electrons. The first-order chi connectivity index (χ1) is 32.5. The first kappa shape index (κ1) is 45.0.